The number of unbranched alkanes of at least 4 members (excludes halogenated alkanes) is 2. The first-order chi connectivity index (χ1) is 8.26. The highest BCUT2D eigenvalue weighted by Crippen LogP contribution is 1.92. The molecule has 0 aliphatic rings. The third-order valence-electron chi connectivity index (χ3n) is 2.59. The summed E-state index contributed by atoms with van der Waals surface area (Å²) in [5.74, 6) is 0.956. The van der Waals surface area contributed by atoms with Crippen LogP contribution in [0.5, 0.6) is 0 Å². The van der Waals surface area contributed by atoms with Gasteiger partial charge in [-0.3, -0.25) is 4.99 Å². The van der Waals surface area contributed by atoms with Gasteiger partial charge >= 0.3 is 0 Å². The van der Waals surface area contributed by atoms with Crippen LogP contribution >= 0.6 is 24.0 Å². The highest BCUT2D eigenvalue weighted by atomic mass is 127. The zero-order valence-electron chi connectivity index (χ0n) is 12.4. The standard InChI is InChI=1S/C13H29N3O.HI/c1-5-7-10-16(4)13(14-3)15-9-12-17-11-8-6-2;/h5-12H2,1-4H3,(H,14,15);1H. The fraction of sp³-hybridized carbons (Fsp3) is 0.923. The summed E-state index contributed by atoms with van der Waals surface area (Å²) < 4.78 is 5.49. The van der Waals surface area contributed by atoms with E-state index in [0.29, 0.717) is 0 Å². The van der Waals surface area contributed by atoms with Crippen molar-refractivity contribution in [3.8, 4) is 0 Å². The van der Waals surface area contributed by atoms with Gasteiger partial charge in [0.15, 0.2) is 5.96 Å². The van der Waals surface area contributed by atoms with Crippen LogP contribution in [0.2, 0.25) is 0 Å². The van der Waals surface area contributed by atoms with Gasteiger partial charge in [0.2, 0.25) is 0 Å². The molecule has 4 nitrogen and oxygen atoms in total. The van der Waals surface area contributed by atoms with E-state index in [0.717, 1.165) is 38.7 Å². The second-order valence-electron chi connectivity index (χ2n) is 4.22. The Kier molecular flexibility index (Phi) is 16.9. The van der Waals surface area contributed by atoms with Gasteiger partial charge in [0, 0.05) is 33.8 Å². The SMILES string of the molecule is CCCCOCCNC(=NC)N(C)CCCC.I. The summed E-state index contributed by atoms with van der Waals surface area (Å²) in [7, 11) is 3.89. The third kappa shape index (κ3) is 11.1. The van der Waals surface area contributed by atoms with Gasteiger partial charge in [-0.25, -0.2) is 0 Å². The molecule has 0 aliphatic heterocycles. The summed E-state index contributed by atoms with van der Waals surface area (Å²) in [4.78, 5) is 6.41. The minimum absolute atomic E-state index is 0. The summed E-state index contributed by atoms with van der Waals surface area (Å²) in [5, 5.41) is 3.31. The number of guanidine groups is 1. The molecule has 110 valence electrons. The number of halogens is 1. The number of hydrogen-bond donors (Lipinski definition) is 1. The van der Waals surface area contributed by atoms with E-state index in [1.54, 1.807) is 0 Å². The average molecular weight is 371 g/mol. The average Bonchev–Trinajstić information content (AvgIpc) is 2.35. The topological polar surface area (TPSA) is 36.9 Å². The second-order valence-corrected chi connectivity index (χ2v) is 4.22. The smallest absolute Gasteiger partial charge is 0.193 e. The van der Waals surface area contributed by atoms with Crippen LogP contribution in [0.1, 0.15) is 39.5 Å². The lowest BCUT2D eigenvalue weighted by Crippen LogP contribution is -2.40. The molecule has 0 radical (unpaired) electrons. The Hall–Kier alpha value is -0.0400. The minimum atomic E-state index is 0. The molecule has 0 saturated heterocycles. The van der Waals surface area contributed by atoms with Crippen molar-refractivity contribution >= 4 is 29.9 Å². The van der Waals surface area contributed by atoms with E-state index in [2.05, 4.69) is 36.1 Å². The van der Waals surface area contributed by atoms with Crippen molar-refractivity contribution in [1.29, 1.82) is 0 Å². The molecule has 5 heteroatoms. The van der Waals surface area contributed by atoms with Crippen molar-refractivity contribution in [2.75, 3.05) is 40.4 Å². The summed E-state index contributed by atoms with van der Waals surface area (Å²) in [5.41, 5.74) is 0. The van der Waals surface area contributed by atoms with Crippen molar-refractivity contribution in [3.05, 3.63) is 0 Å². The number of hydrogen-bond acceptors (Lipinski definition) is 2. The zero-order chi connectivity index (χ0) is 12.9. The maximum atomic E-state index is 5.49. The maximum Gasteiger partial charge on any atom is 0.193 e. The molecule has 0 heterocycles. The van der Waals surface area contributed by atoms with Crippen LogP contribution in [-0.2, 0) is 4.74 Å². The van der Waals surface area contributed by atoms with Crippen LogP contribution in [0.3, 0.4) is 0 Å². The van der Waals surface area contributed by atoms with Crippen LogP contribution in [0.15, 0.2) is 4.99 Å². The molecule has 0 saturated carbocycles. The number of nitrogens with zero attached hydrogens (tertiary/aromatic N) is 2. The molecule has 0 aliphatic carbocycles. The van der Waals surface area contributed by atoms with Gasteiger partial charge < -0.3 is 15.0 Å². The number of aliphatic imine (C=N–C) groups is 1. The minimum Gasteiger partial charge on any atom is -0.380 e. The number of nitrogens with one attached hydrogen (secondary N) is 1. The Morgan fingerprint density at radius 3 is 2.39 bits per heavy atom. The molecule has 0 rings (SSSR count). The molecule has 0 atom stereocenters. The van der Waals surface area contributed by atoms with Crippen molar-refractivity contribution in [1.82, 2.24) is 10.2 Å². The van der Waals surface area contributed by atoms with Crippen molar-refractivity contribution < 1.29 is 4.74 Å². The Bertz CT molecular complexity index is 201. The molecule has 0 fully saturated rings. The molecular weight excluding hydrogens is 341 g/mol. The molecule has 0 bridgehead atoms. The summed E-state index contributed by atoms with van der Waals surface area (Å²) in [6.07, 6.45) is 4.74. The predicted octanol–water partition coefficient (Wildman–Crippen LogP) is 2.73. The lowest BCUT2D eigenvalue weighted by molar-refractivity contribution is 0.135. The quantitative estimate of drug-likeness (QED) is 0.293. The van der Waals surface area contributed by atoms with Crippen LogP contribution in [0.25, 0.3) is 0 Å². The third-order valence-corrected chi connectivity index (χ3v) is 2.59. The van der Waals surface area contributed by atoms with Crippen molar-refractivity contribution in [2.45, 2.75) is 39.5 Å². The summed E-state index contributed by atoms with van der Waals surface area (Å²) in [6, 6.07) is 0. The van der Waals surface area contributed by atoms with E-state index in [-0.39, 0.29) is 24.0 Å². The Balaban J connectivity index is 0. The Morgan fingerprint density at radius 1 is 1.17 bits per heavy atom. The highest BCUT2D eigenvalue weighted by molar-refractivity contribution is 14.0. The highest BCUT2D eigenvalue weighted by Gasteiger charge is 2.03. The summed E-state index contributed by atoms with van der Waals surface area (Å²) in [6.45, 7) is 7.86. The molecule has 0 aromatic heterocycles. The number of rotatable bonds is 9. The van der Waals surface area contributed by atoms with E-state index >= 15 is 0 Å². The lowest BCUT2D eigenvalue weighted by Gasteiger charge is -2.21. The van der Waals surface area contributed by atoms with E-state index in [9.17, 15) is 0 Å². The monoisotopic (exact) mass is 371 g/mol. The van der Waals surface area contributed by atoms with Gasteiger partial charge in [0.25, 0.3) is 0 Å². The van der Waals surface area contributed by atoms with Crippen LogP contribution in [0, 0.1) is 0 Å². The van der Waals surface area contributed by atoms with Gasteiger partial charge in [0.1, 0.15) is 0 Å². The van der Waals surface area contributed by atoms with Crippen LogP contribution in [-0.4, -0.2) is 51.3 Å². The van der Waals surface area contributed by atoms with Gasteiger partial charge in [-0.05, 0) is 12.8 Å². The first-order valence-electron chi connectivity index (χ1n) is 6.75. The van der Waals surface area contributed by atoms with Gasteiger partial charge in [-0.15, -0.1) is 24.0 Å². The molecule has 0 unspecified atom stereocenters. The van der Waals surface area contributed by atoms with Gasteiger partial charge in [-0.1, -0.05) is 26.7 Å². The first kappa shape index (κ1) is 20.3. The molecular formula is C13H30IN3O. The largest absolute Gasteiger partial charge is 0.380 e. The second kappa shape index (κ2) is 15.0. The van der Waals surface area contributed by atoms with Gasteiger partial charge in [-0.2, -0.15) is 0 Å². The molecule has 0 aromatic rings. The normalized spacial score (nSPS) is 11.0. The molecule has 0 amide bonds. The van der Waals surface area contributed by atoms with Crippen molar-refractivity contribution in [2.24, 2.45) is 4.99 Å². The van der Waals surface area contributed by atoms with Crippen molar-refractivity contribution in [3.63, 3.8) is 0 Å². The predicted molar refractivity (Wildman–Crippen MR) is 90.0 cm³/mol. The summed E-state index contributed by atoms with van der Waals surface area (Å²) >= 11 is 0. The Labute approximate surface area is 130 Å². The lowest BCUT2D eigenvalue weighted by atomic mass is 10.3. The molecule has 18 heavy (non-hydrogen) atoms. The maximum absolute atomic E-state index is 5.49. The molecule has 0 aromatic carbocycles. The van der Waals surface area contributed by atoms with Crippen LogP contribution < -0.4 is 5.32 Å². The van der Waals surface area contributed by atoms with Crippen LogP contribution in [0.4, 0.5) is 0 Å². The zero-order valence-corrected chi connectivity index (χ0v) is 14.7. The molecule has 0 spiro atoms. The van der Waals surface area contributed by atoms with E-state index in [1.807, 2.05) is 7.05 Å². The first-order valence-corrected chi connectivity index (χ1v) is 6.75. The fourth-order valence-corrected chi connectivity index (χ4v) is 1.47. The number of ether oxygens (including phenoxy) is 1. The fourth-order valence-electron chi connectivity index (χ4n) is 1.47. The van der Waals surface area contributed by atoms with E-state index in [4.69, 9.17) is 4.74 Å². The van der Waals surface area contributed by atoms with E-state index < -0.39 is 0 Å². The molecule has 1 N–H and O–H groups in total. The van der Waals surface area contributed by atoms with E-state index in [1.165, 1.54) is 19.3 Å². The van der Waals surface area contributed by atoms with Gasteiger partial charge in [0.05, 0.1) is 6.61 Å². The Morgan fingerprint density at radius 2 is 1.83 bits per heavy atom.